The van der Waals surface area contributed by atoms with E-state index in [2.05, 4.69) is 10.6 Å². The molecule has 24 heavy (non-hydrogen) atoms. The van der Waals surface area contributed by atoms with Crippen LogP contribution < -0.4 is 20.1 Å². The van der Waals surface area contributed by atoms with Crippen LogP contribution in [0.15, 0.2) is 48.5 Å². The average molecular weight is 351 g/mol. The van der Waals surface area contributed by atoms with E-state index in [0.29, 0.717) is 11.5 Å². The van der Waals surface area contributed by atoms with Crippen LogP contribution in [-0.2, 0) is 4.79 Å². The van der Waals surface area contributed by atoms with E-state index < -0.39 is 0 Å². The summed E-state index contributed by atoms with van der Waals surface area (Å²) >= 11 is 0. The summed E-state index contributed by atoms with van der Waals surface area (Å²) in [5, 5.41) is 6.04. The van der Waals surface area contributed by atoms with Gasteiger partial charge >= 0.3 is 0 Å². The van der Waals surface area contributed by atoms with Crippen molar-refractivity contribution in [2.75, 3.05) is 26.1 Å². The smallest absolute Gasteiger partial charge is 0.239 e. The molecule has 1 unspecified atom stereocenters. The molecule has 0 bridgehead atoms. The van der Waals surface area contributed by atoms with Crippen LogP contribution in [-0.4, -0.2) is 26.7 Å². The number of nitrogens with one attached hydrogen (secondary N) is 2. The molecule has 2 aromatic rings. The third-order valence-corrected chi connectivity index (χ3v) is 3.51. The molecule has 0 fully saturated rings. The van der Waals surface area contributed by atoms with Gasteiger partial charge in [0.15, 0.2) is 11.5 Å². The van der Waals surface area contributed by atoms with Gasteiger partial charge in [0.2, 0.25) is 5.91 Å². The first kappa shape index (κ1) is 19.6. The second kappa shape index (κ2) is 9.67. The Labute approximate surface area is 148 Å². The number of halogens is 1. The fourth-order valence-electron chi connectivity index (χ4n) is 2.24. The van der Waals surface area contributed by atoms with Crippen LogP contribution in [0.4, 0.5) is 5.69 Å². The van der Waals surface area contributed by atoms with Crippen molar-refractivity contribution in [3.05, 3.63) is 54.1 Å². The summed E-state index contributed by atoms with van der Waals surface area (Å²) in [6.45, 7) is 2.16. The Bertz CT molecular complexity index is 650. The number of carbonyl (C=O) groups excluding carboxylic acids is 1. The van der Waals surface area contributed by atoms with Crippen molar-refractivity contribution < 1.29 is 14.3 Å². The quantitative estimate of drug-likeness (QED) is 0.803. The van der Waals surface area contributed by atoms with E-state index in [-0.39, 0.29) is 30.9 Å². The molecule has 0 radical (unpaired) electrons. The van der Waals surface area contributed by atoms with Crippen LogP contribution in [0.3, 0.4) is 0 Å². The molecule has 2 N–H and O–H groups in total. The summed E-state index contributed by atoms with van der Waals surface area (Å²) in [4.78, 5) is 12.0. The van der Waals surface area contributed by atoms with Crippen LogP contribution >= 0.6 is 12.4 Å². The molecule has 1 amide bonds. The van der Waals surface area contributed by atoms with Gasteiger partial charge in [0.1, 0.15) is 0 Å². The Morgan fingerprint density at radius 3 is 2.33 bits per heavy atom. The predicted molar refractivity (Wildman–Crippen MR) is 98.3 cm³/mol. The van der Waals surface area contributed by atoms with Gasteiger partial charge in [0.05, 0.1) is 26.8 Å². The fraction of sp³-hybridized carbons (Fsp3) is 0.278. The zero-order chi connectivity index (χ0) is 16.7. The van der Waals surface area contributed by atoms with Gasteiger partial charge in [-0.05, 0) is 36.8 Å². The number of benzene rings is 2. The zero-order valence-corrected chi connectivity index (χ0v) is 14.9. The molecule has 0 spiro atoms. The van der Waals surface area contributed by atoms with E-state index in [1.54, 1.807) is 14.2 Å². The molecule has 0 saturated carbocycles. The van der Waals surface area contributed by atoms with Gasteiger partial charge in [0, 0.05) is 5.69 Å². The van der Waals surface area contributed by atoms with Crippen molar-refractivity contribution in [3.8, 4) is 11.5 Å². The lowest BCUT2D eigenvalue weighted by atomic mass is 10.1. The maximum absolute atomic E-state index is 12.0. The highest BCUT2D eigenvalue weighted by atomic mass is 35.5. The van der Waals surface area contributed by atoms with Gasteiger partial charge in [0.25, 0.3) is 0 Å². The summed E-state index contributed by atoms with van der Waals surface area (Å²) in [6, 6.07) is 15.1. The number of amides is 1. The number of anilines is 1. The molecule has 1 atom stereocenters. The highest BCUT2D eigenvalue weighted by Gasteiger charge is 2.12. The molecule has 0 saturated heterocycles. The molecule has 6 heteroatoms. The number of hydrogen-bond donors (Lipinski definition) is 2. The molecule has 0 heterocycles. The minimum absolute atomic E-state index is 0. The van der Waals surface area contributed by atoms with Crippen molar-refractivity contribution in [2.45, 2.75) is 13.0 Å². The Morgan fingerprint density at radius 1 is 1.04 bits per heavy atom. The van der Waals surface area contributed by atoms with E-state index in [9.17, 15) is 4.79 Å². The fourth-order valence-corrected chi connectivity index (χ4v) is 2.24. The maximum Gasteiger partial charge on any atom is 0.239 e. The van der Waals surface area contributed by atoms with E-state index in [1.807, 2.05) is 55.5 Å². The second-order valence-corrected chi connectivity index (χ2v) is 5.12. The van der Waals surface area contributed by atoms with Crippen LogP contribution in [0, 0.1) is 0 Å². The molecule has 2 rings (SSSR count). The van der Waals surface area contributed by atoms with Crippen LogP contribution in [0.25, 0.3) is 0 Å². The minimum atomic E-state index is -0.125. The number of rotatable bonds is 7. The van der Waals surface area contributed by atoms with Crippen LogP contribution in [0.5, 0.6) is 11.5 Å². The lowest BCUT2D eigenvalue weighted by Gasteiger charge is -2.17. The Kier molecular flexibility index (Phi) is 7.92. The van der Waals surface area contributed by atoms with Crippen molar-refractivity contribution in [1.29, 1.82) is 0 Å². The maximum atomic E-state index is 12.0. The van der Waals surface area contributed by atoms with Crippen LogP contribution in [0.2, 0.25) is 0 Å². The first-order chi connectivity index (χ1) is 11.1. The van der Waals surface area contributed by atoms with E-state index in [0.717, 1.165) is 11.3 Å². The Hall–Kier alpha value is -2.40. The number of methoxy groups -OCH3 is 2. The van der Waals surface area contributed by atoms with E-state index >= 15 is 0 Å². The molecule has 0 aliphatic rings. The standard InChI is InChI=1S/C18H22N2O3.ClH/c1-13(14-9-10-16(22-2)17(11-14)23-3)20-18(21)12-19-15-7-5-4-6-8-15;/h4-11,13,19H,12H2,1-3H3,(H,20,21);1H. The topological polar surface area (TPSA) is 59.6 Å². The van der Waals surface area contributed by atoms with Crippen LogP contribution in [0.1, 0.15) is 18.5 Å². The third kappa shape index (κ3) is 5.35. The molecule has 0 aliphatic heterocycles. The first-order valence-corrected chi connectivity index (χ1v) is 7.44. The highest BCUT2D eigenvalue weighted by molar-refractivity contribution is 5.85. The lowest BCUT2D eigenvalue weighted by molar-refractivity contribution is -0.120. The number of para-hydroxylation sites is 1. The number of carbonyl (C=O) groups is 1. The molecular weight excluding hydrogens is 328 g/mol. The van der Waals surface area contributed by atoms with Gasteiger partial charge in [-0.15, -0.1) is 12.4 Å². The Morgan fingerprint density at radius 2 is 1.71 bits per heavy atom. The van der Waals surface area contributed by atoms with Crippen molar-refractivity contribution in [2.24, 2.45) is 0 Å². The molecule has 0 aliphatic carbocycles. The van der Waals surface area contributed by atoms with Gasteiger partial charge in [-0.25, -0.2) is 0 Å². The summed E-state index contributed by atoms with van der Waals surface area (Å²) in [7, 11) is 3.19. The summed E-state index contributed by atoms with van der Waals surface area (Å²) < 4.78 is 10.5. The largest absolute Gasteiger partial charge is 0.493 e. The van der Waals surface area contributed by atoms with Crippen molar-refractivity contribution in [3.63, 3.8) is 0 Å². The summed E-state index contributed by atoms with van der Waals surface area (Å²) in [5.41, 5.74) is 1.87. The molecule has 5 nitrogen and oxygen atoms in total. The van der Waals surface area contributed by atoms with Gasteiger partial charge in [-0.2, -0.15) is 0 Å². The van der Waals surface area contributed by atoms with Crippen molar-refractivity contribution >= 4 is 24.0 Å². The van der Waals surface area contributed by atoms with Crippen molar-refractivity contribution in [1.82, 2.24) is 5.32 Å². The van der Waals surface area contributed by atoms with Gasteiger partial charge < -0.3 is 20.1 Å². The number of hydrogen-bond acceptors (Lipinski definition) is 4. The predicted octanol–water partition coefficient (Wildman–Crippen LogP) is 3.41. The molecule has 2 aromatic carbocycles. The summed E-state index contributed by atoms with van der Waals surface area (Å²) in [5.74, 6) is 1.24. The van der Waals surface area contributed by atoms with E-state index in [1.165, 1.54) is 0 Å². The SMILES string of the molecule is COc1ccc(C(C)NC(=O)CNc2ccccc2)cc1OC.Cl. The highest BCUT2D eigenvalue weighted by Crippen LogP contribution is 2.29. The molecule has 0 aromatic heterocycles. The normalized spacial score (nSPS) is 11.0. The average Bonchev–Trinajstić information content (AvgIpc) is 2.60. The van der Waals surface area contributed by atoms with Gasteiger partial charge in [-0.3, -0.25) is 4.79 Å². The third-order valence-electron chi connectivity index (χ3n) is 3.51. The first-order valence-electron chi connectivity index (χ1n) is 7.44. The Balaban J connectivity index is 0.00000288. The second-order valence-electron chi connectivity index (χ2n) is 5.12. The van der Waals surface area contributed by atoms with E-state index in [4.69, 9.17) is 9.47 Å². The number of ether oxygens (including phenoxy) is 2. The minimum Gasteiger partial charge on any atom is -0.493 e. The molecule has 130 valence electrons. The zero-order valence-electron chi connectivity index (χ0n) is 14.0. The monoisotopic (exact) mass is 350 g/mol. The molecular formula is C18H23ClN2O3. The lowest BCUT2D eigenvalue weighted by Crippen LogP contribution is -2.32. The summed E-state index contributed by atoms with van der Waals surface area (Å²) in [6.07, 6.45) is 0. The van der Waals surface area contributed by atoms with Gasteiger partial charge in [-0.1, -0.05) is 24.3 Å².